The van der Waals surface area contributed by atoms with Gasteiger partial charge in [0.25, 0.3) is 0 Å². The number of fused-ring (bicyclic) bond motifs is 1. The van der Waals surface area contributed by atoms with E-state index in [-0.39, 0.29) is 5.02 Å². The number of ether oxygens (including phenoxy) is 1. The van der Waals surface area contributed by atoms with E-state index in [0.29, 0.717) is 23.6 Å². The molecule has 0 amide bonds. The number of benzene rings is 2. The zero-order valence-electron chi connectivity index (χ0n) is 17.0. The standard InChI is InChI=1S/C22H25ClFN5O/c1-25-13-3-5-14(6-4-13)28-20-10-16-19(11-21(20)30-2)26-12-27-22(16)29-15-7-8-18(24)17(23)9-15/h7-14,25,28H,3-6H2,1-2H3,(H,26,27,29). The number of nitrogens with zero attached hydrogens (tertiary/aromatic N) is 2. The number of aromatic nitrogens is 2. The summed E-state index contributed by atoms with van der Waals surface area (Å²) in [6, 6.07) is 9.37. The summed E-state index contributed by atoms with van der Waals surface area (Å²) in [5, 5.41) is 11.1. The average molecular weight is 430 g/mol. The van der Waals surface area contributed by atoms with Crippen LogP contribution in [0.2, 0.25) is 5.02 Å². The molecule has 1 fully saturated rings. The molecule has 3 aromatic rings. The predicted molar refractivity (Wildman–Crippen MR) is 120 cm³/mol. The van der Waals surface area contributed by atoms with Crippen LogP contribution in [-0.4, -0.2) is 36.2 Å². The van der Waals surface area contributed by atoms with Crippen LogP contribution >= 0.6 is 11.6 Å². The summed E-state index contributed by atoms with van der Waals surface area (Å²) in [7, 11) is 3.68. The molecule has 2 aromatic carbocycles. The largest absolute Gasteiger partial charge is 0.495 e. The Bertz CT molecular complexity index is 1040. The van der Waals surface area contributed by atoms with Crippen LogP contribution in [0.1, 0.15) is 25.7 Å². The second kappa shape index (κ2) is 9.02. The summed E-state index contributed by atoms with van der Waals surface area (Å²) in [6.45, 7) is 0. The second-order valence-electron chi connectivity index (χ2n) is 7.53. The van der Waals surface area contributed by atoms with E-state index < -0.39 is 5.82 Å². The molecule has 1 saturated carbocycles. The smallest absolute Gasteiger partial charge is 0.144 e. The zero-order chi connectivity index (χ0) is 21.1. The maximum atomic E-state index is 13.5. The van der Waals surface area contributed by atoms with Crippen LogP contribution in [0.4, 0.5) is 21.6 Å². The summed E-state index contributed by atoms with van der Waals surface area (Å²) in [4.78, 5) is 8.76. The Balaban J connectivity index is 1.64. The molecule has 6 nitrogen and oxygen atoms in total. The molecule has 1 aliphatic rings. The van der Waals surface area contributed by atoms with Crippen molar-refractivity contribution in [1.29, 1.82) is 0 Å². The molecule has 0 spiro atoms. The van der Waals surface area contributed by atoms with Gasteiger partial charge in [0.15, 0.2) is 0 Å². The molecule has 0 radical (unpaired) electrons. The molecular weight excluding hydrogens is 405 g/mol. The molecule has 0 saturated heterocycles. The Hall–Kier alpha value is -2.64. The lowest BCUT2D eigenvalue weighted by molar-refractivity contribution is 0.369. The van der Waals surface area contributed by atoms with E-state index >= 15 is 0 Å². The summed E-state index contributed by atoms with van der Waals surface area (Å²) in [5.74, 6) is 0.902. The molecule has 1 aromatic heterocycles. The lowest BCUT2D eigenvalue weighted by Gasteiger charge is -2.30. The number of methoxy groups -OCH3 is 1. The van der Waals surface area contributed by atoms with Crippen LogP contribution in [0.3, 0.4) is 0 Å². The van der Waals surface area contributed by atoms with E-state index in [1.165, 1.54) is 18.5 Å². The summed E-state index contributed by atoms with van der Waals surface area (Å²) < 4.78 is 19.1. The molecule has 3 N–H and O–H groups in total. The van der Waals surface area contributed by atoms with Crippen molar-refractivity contribution in [2.24, 2.45) is 0 Å². The molecule has 4 rings (SSSR count). The van der Waals surface area contributed by atoms with Crippen LogP contribution in [0.25, 0.3) is 10.9 Å². The normalized spacial score (nSPS) is 18.9. The van der Waals surface area contributed by atoms with E-state index in [4.69, 9.17) is 16.3 Å². The topological polar surface area (TPSA) is 71.1 Å². The third-order valence-corrected chi connectivity index (χ3v) is 5.92. The first-order valence-electron chi connectivity index (χ1n) is 10.1. The molecule has 0 aliphatic heterocycles. The van der Waals surface area contributed by atoms with Gasteiger partial charge >= 0.3 is 0 Å². The fraction of sp³-hybridized carbons (Fsp3) is 0.364. The van der Waals surface area contributed by atoms with Crippen molar-refractivity contribution in [3.8, 4) is 5.75 Å². The van der Waals surface area contributed by atoms with Crippen LogP contribution < -0.4 is 20.7 Å². The Labute approximate surface area is 180 Å². The molecule has 1 aliphatic carbocycles. The predicted octanol–water partition coefficient (Wildman–Crippen LogP) is 5.12. The van der Waals surface area contributed by atoms with Crippen molar-refractivity contribution < 1.29 is 9.13 Å². The minimum Gasteiger partial charge on any atom is -0.495 e. The van der Waals surface area contributed by atoms with E-state index in [1.54, 1.807) is 13.2 Å². The van der Waals surface area contributed by atoms with Crippen molar-refractivity contribution in [3.63, 3.8) is 0 Å². The fourth-order valence-electron chi connectivity index (χ4n) is 3.92. The molecule has 0 bridgehead atoms. The van der Waals surface area contributed by atoms with Gasteiger partial charge in [-0.2, -0.15) is 0 Å². The van der Waals surface area contributed by atoms with Gasteiger partial charge in [-0.1, -0.05) is 11.6 Å². The van der Waals surface area contributed by atoms with Gasteiger partial charge in [-0.3, -0.25) is 0 Å². The first-order chi connectivity index (χ1) is 14.6. The Kier molecular flexibility index (Phi) is 6.20. The molecule has 8 heteroatoms. The highest BCUT2D eigenvalue weighted by atomic mass is 35.5. The second-order valence-corrected chi connectivity index (χ2v) is 7.93. The first-order valence-corrected chi connectivity index (χ1v) is 10.4. The van der Waals surface area contributed by atoms with Crippen LogP contribution in [-0.2, 0) is 0 Å². The highest BCUT2D eigenvalue weighted by Gasteiger charge is 2.21. The minimum absolute atomic E-state index is 0.0551. The Morgan fingerprint density at radius 3 is 2.53 bits per heavy atom. The van der Waals surface area contributed by atoms with Gasteiger partial charge in [0.2, 0.25) is 0 Å². The highest BCUT2D eigenvalue weighted by molar-refractivity contribution is 6.31. The molecule has 1 heterocycles. The number of rotatable bonds is 6. The van der Waals surface area contributed by atoms with Gasteiger partial charge in [-0.05, 0) is 57.0 Å². The summed E-state index contributed by atoms with van der Waals surface area (Å²) in [5.41, 5.74) is 2.31. The molecular formula is C22H25ClFN5O. The SMILES string of the molecule is CNC1CCC(Nc2cc3c(Nc4ccc(F)c(Cl)c4)ncnc3cc2OC)CC1. The molecule has 0 unspecified atom stereocenters. The minimum atomic E-state index is -0.459. The first kappa shape index (κ1) is 20.6. The summed E-state index contributed by atoms with van der Waals surface area (Å²) in [6.07, 6.45) is 5.96. The number of hydrogen-bond acceptors (Lipinski definition) is 6. The van der Waals surface area contributed by atoms with Gasteiger partial charge in [-0.15, -0.1) is 0 Å². The van der Waals surface area contributed by atoms with Crippen molar-refractivity contribution in [2.45, 2.75) is 37.8 Å². The Morgan fingerprint density at radius 2 is 1.83 bits per heavy atom. The van der Waals surface area contributed by atoms with Crippen molar-refractivity contribution in [1.82, 2.24) is 15.3 Å². The van der Waals surface area contributed by atoms with Gasteiger partial charge in [0, 0.05) is 29.2 Å². The average Bonchev–Trinajstić information content (AvgIpc) is 2.77. The van der Waals surface area contributed by atoms with Gasteiger partial charge in [0.1, 0.15) is 23.7 Å². The van der Waals surface area contributed by atoms with Gasteiger partial charge < -0.3 is 20.7 Å². The van der Waals surface area contributed by atoms with E-state index in [9.17, 15) is 4.39 Å². The summed E-state index contributed by atoms with van der Waals surface area (Å²) >= 11 is 5.91. The maximum absolute atomic E-state index is 13.5. The number of hydrogen-bond donors (Lipinski definition) is 3. The number of anilines is 3. The zero-order valence-corrected chi connectivity index (χ0v) is 17.8. The van der Waals surface area contributed by atoms with Crippen molar-refractivity contribution in [3.05, 3.63) is 47.5 Å². The maximum Gasteiger partial charge on any atom is 0.144 e. The van der Waals surface area contributed by atoms with Gasteiger partial charge in [0.05, 0.1) is 23.3 Å². The third kappa shape index (κ3) is 4.42. The van der Waals surface area contributed by atoms with E-state index in [1.807, 2.05) is 19.2 Å². The van der Waals surface area contributed by atoms with Crippen LogP contribution in [0, 0.1) is 5.82 Å². The number of nitrogens with one attached hydrogen (secondary N) is 3. The quantitative estimate of drug-likeness (QED) is 0.505. The molecule has 158 valence electrons. The fourth-order valence-corrected chi connectivity index (χ4v) is 4.10. The van der Waals surface area contributed by atoms with E-state index in [0.717, 1.165) is 48.0 Å². The lowest BCUT2D eigenvalue weighted by atomic mass is 9.91. The van der Waals surface area contributed by atoms with E-state index in [2.05, 4.69) is 25.9 Å². The molecule has 0 atom stereocenters. The van der Waals surface area contributed by atoms with Crippen molar-refractivity contribution >= 4 is 39.7 Å². The number of halogens is 2. The Morgan fingerprint density at radius 1 is 1.07 bits per heavy atom. The van der Waals surface area contributed by atoms with Gasteiger partial charge in [-0.25, -0.2) is 14.4 Å². The lowest BCUT2D eigenvalue weighted by Crippen LogP contribution is -2.35. The highest BCUT2D eigenvalue weighted by Crippen LogP contribution is 2.35. The molecule has 30 heavy (non-hydrogen) atoms. The van der Waals surface area contributed by atoms with Crippen LogP contribution in [0.5, 0.6) is 5.75 Å². The van der Waals surface area contributed by atoms with Crippen LogP contribution in [0.15, 0.2) is 36.7 Å². The van der Waals surface area contributed by atoms with Crippen molar-refractivity contribution in [2.75, 3.05) is 24.8 Å². The third-order valence-electron chi connectivity index (χ3n) is 5.63. The monoisotopic (exact) mass is 429 g/mol.